The Kier molecular flexibility index (Phi) is 2.40. The van der Waals surface area contributed by atoms with Crippen molar-refractivity contribution >= 4 is 5.91 Å². The van der Waals surface area contributed by atoms with Gasteiger partial charge in [-0.15, -0.1) is 0 Å². The zero-order chi connectivity index (χ0) is 11.0. The lowest BCUT2D eigenvalue weighted by Crippen LogP contribution is -2.29. The van der Waals surface area contributed by atoms with Crippen molar-refractivity contribution in [2.45, 2.75) is 18.5 Å². The van der Waals surface area contributed by atoms with Crippen LogP contribution in [0.5, 0.6) is 0 Å². The molecule has 2 atom stereocenters. The molecule has 0 aromatic heterocycles. The summed E-state index contributed by atoms with van der Waals surface area (Å²) in [6, 6.07) is 2.22. The smallest absolute Gasteiger partial charge is 0.222 e. The van der Waals surface area contributed by atoms with Gasteiger partial charge < -0.3 is 11.1 Å². The topological polar surface area (TPSA) is 55.1 Å². The highest BCUT2D eigenvalue weighted by Gasteiger charge is 2.32. The molecular weight excluding hydrogens is 202 g/mol. The van der Waals surface area contributed by atoms with Crippen LogP contribution in [0.15, 0.2) is 18.2 Å². The number of nitrogens with two attached hydrogens (primary N) is 1. The van der Waals surface area contributed by atoms with Crippen molar-refractivity contribution in [3.63, 3.8) is 0 Å². The van der Waals surface area contributed by atoms with Gasteiger partial charge in [-0.1, -0.05) is 6.07 Å². The number of benzene rings is 1. The minimum Gasteiger partial charge on any atom is -0.348 e. The van der Waals surface area contributed by atoms with Crippen molar-refractivity contribution in [1.82, 2.24) is 5.32 Å². The summed E-state index contributed by atoms with van der Waals surface area (Å²) in [4.78, 5) is 11.0. The minimum absolute atomic E-state index is 0.168. The van der Waals surface area contributed by atoms with E-state index >= 15 is 0 Å². The maximum Gasteiger partial charge on any atom is 0.222 e. The number of amides is 1. The van der Waals surface area contributed by atoms with Gasteiger partial charge in [-0.25, -0.2) is 8.78 Å². The van der Waals surface area contributed by atoms with Crippen LogP contribution < -0.4 is 11.1 Å². The van der Waals surface area contributed by atoms with Crippen LogP contribution in [0, 0.1) is 11.6 Å². The van der Waals surface area contributed by atoms with Crippen molar-refractivity contribution in [3.8, 4) is 0 Å². The third-order valence-electron chi connectivity index (χ3n) is 2.46. The maximum absolute atomic E-state index is 13.4. The Hall–Kier alpha value is -1.49. The molecule has 1 saturated heterocycles. The third-order valence-corrected chi connectivity index (χ3v) is 2.46. The molecule has 0 aliphatic carbocycles. The highest BCUT2D eigenvalue weighted by molar-refractivity contribution is 5.80. The molecular formula is C10H10F2N2O. The average Bonchev–Trinajstić information content (AvgIpc) is 2.45. The Morgan fingerprint density at radius 3 is 2.67 bits per heavy atom. The van der Waals surface area contributed by atoms with E-state index in [1.165, 1.54) is 6.07 Å². The molecule has 1 aliphatic rings. The highest BCUT2D eigenvalue weighted by atomic mass is 19.1. The Morgan fingerprint density at radius 2 is 2.13 bits per heavy atom. The molecule has 1 aromatic rings. The predicted octanol–water partition coefficient (Wildman–Crippen LogP) is 0.853. The molecule has 0 bridgehead atoms. The van der Waals surface area contributed by atoms with Crippen LogP contribution in [0.3, 0.4) is 0 Å². The number of carbonyl (C=O) groups is 1. The van der Waals surface area contributed by atoms with Gasteiger partial charge in [0.1, 0.15) is 11.6 Å². The van der Waals surface area contributed by atoms with Gasteiger partial charge in [-0.2, -0.15) is 0 Å². The van der Waals surface area contributed by atoms with E-state index in [2.05, 4.69) is 5.32 Å². The molecule has 15 heavy (non-hydrogen) atoms. The average molecular weight is 212 g/mol. The second kappa shape index (κ2) is 3.58. The fourth-order valence-electron chi connectivity index (χ4n) is 1.73. The van der Waals surface area contributed by atoms with E-state index in [1.54, 1.807) is 0 Å². The Labute approximate surface area is 85.3 Å². The molecule has 80 valence electrons. The van der Waals surface area contributed by atoms with Crippen LogP contribution in [0.25, 0.3) is 0 Å². The van der Waals surface area contributed by atoms with Gasteiger partial charge in [0.25, 0.3) is 0 Å². The van der Waals surface area contributed by atoms with Gasteiger partial charge >= 0.3 is 0 Å². The molecule has 1 aliphatic heterocycles. The lowest BCUT2D eigenvalue weighted by Gasteiger charge is -2.15. The van der Waals surface area contributed by atoms with Gasteiger partial charge in [-0.3, -0.25) is 4.79 Å². The standard InChI is InChI=1S/C10H10F2N2O/c11-5-1-2-6(7(12)3-5)10-8(13)4-9(15)14-10/h1-3,8,10H,4,13H2,(H,14,15)/t8-,10?/m0/s1. The fraction of sp³-hybridized carbons (Fsp3) is 0.300. The molecule has 0 saturated carbocycles. The first-order valence-electron chi connectivity index (χ1n) is 4.58. The predicted molar refractivity (Wildman–Crippen MR) is 49.8 cm³/mol. The second-order valence-corrected chi connectivity index (χ2v) is 3.58. The molecule has 3 N–H and O–H groups in total. The first-order chi connectivity index (χ1) is 7.08. The lowest BCUT2D eigenvalue weighted by molar-refractivity contribution is -0.119. The van der Waals surface area contributed by atoms with E-state index in [-0.39, 0.29) is 17.9 Å². The minimum atomic E-state index is -0.683. The summed E-state index contributed by atoms with van der Waals surface area (Å²) >= 11 is 0. The molecule has 1 aromatic carbocycles. The van der Waals surface area contributed by atoms with Crippen LogP contribution in [-0.4, -0.2) is 11.9 Å². The molecule has 1 amide bonds. The SMILES string of the molecule is N[C@H]1CC(=O)NC1c1ccc(F)cc1F. The number of hydrogen-bond acceptors (Lipinski definition) is 2. The number of carbonyl (C=O) groups excluding carboxylic acids is 1. The van der Waals surface area contributed by atoms with Crippen LogP contribution in [0.4, 0.5) is 8.78 Å². The highest BCUT2D eigenvalue weighted by Crippen LogP contribution is 2.25. The summed E-state index contributed by atoms with van der Waals surface area (Å²) < 4.78 is 26.0. The van der Waals surface area contributed by atoms with Crippen molar-refractivity contribution in [1.29, 1.82) is 0 Å². The monoisotopic (exact) mass is 212 g/mol. The van der Waals surface area contributed by atoms with Crippen molar-refractivity contribution in [3.05, 3.63) is 35.4 Å². The van der Waals surface area contributed by atoms with E-state index in [9.17, 15) is 13.6 Å². The van der Waals surface area contributed by atoms with Crippen molar-refractivity contribution in [2.75, 3.05) is 0 Å². The van der Waals surface area contributed by atoms with E-state index in [4.69, 9.17) is 5.73 Å². The van der Waals surface area contributed by atoms with Crippen LogP contribution in [-0.2, 0) is 4.79 Å². The third kappa shape index (κ3) is 1.83. The summed E-state index contributed by atoms with van der Waals surface area (Å²) in [7, 11) is 0. The van der Waals surface area contributed by atoms with Crippen LogP contribution in [0.1, 0.15) is 18.0 Å². The first kappa shape index (κ1) is 10.0. The van der Waals surface area contributed by atoms with Crippen LogP contribution >= 0.6 is 0 Å². The lowest BCUT2D eigenvalue weighted by atomic mass is 10.0. The quantitative estimate of drug-likeness (QED) is 0.725. The van der Waals surface area contributed by atoms with Crippen molar-refractivity contribution < 1.29 is 13.6 Å². The Morgan fingerprint density at radius 1 is 1.40 bits per heavy atom. The Bertz CT molecular complexity index is 408. The van der Waals surface area contributed by atoms with Gasteiger partial charge in [-0.05, 0) is 6.07 Å². The summed E-state index contributed by atoms with van der Waals surface area (Å²) in [5, 5.41) is 2.55. The molecule has 0 spiro atoms. The van der Waals surface area contributed by atoms with Crippen LogP contribution in [0.2, 0.25) is 0 Å². The molecule has 1 unspecified atom stereocenters. The molecule has 1 heterocycles. The molecule has 2 rings (SSSR count). The zero-order valence-electron chi connectivity index (χ0n) is 7.84. The van der Waals surface area contributed by atoms with E-state index in [0.717, 1.165) is 12.1 Å². The van der Waals surface area contributed by atoms with Gasteiger partial charge in [0, 0.05) is 24.1 Å². The molecule has 0 radical (unpaired) electrons. The second-order valence-electron chi connectivity index (χ2n) is 3.58. The van der Waals surface area contributed by atoms with Gasteiger partial charge in [0.15, 0.2) is 0 Å². The summed E-state index contributed by atoms with van der Waals surface area (Å²) in [6.07, 6.45) is 0.168. The van der Waals surface area contributed by atoms with E-state index in [1.807, 2.05) is 0 Å². The van der Waals surface area contributed by atoms with Crippen molar-refractivity contribution in [2.24, 2.45) is 5.73 Å². The first-order valence-corrected chi connectivity index (χ1v) is 4.58. The Balaban J connectivity index is 2.33. The summed E-state index contributed by atoms with van der Waals surface area (Å²) in [5.74, 6) is -1.54. The fourth-order valence-corrected chi connectivity index (χ4v) is 1.73. The molecule has 1 fully saturated rings. The molecule has 5 heteroatoms. The summed E-state index contributed by atoms with van der Waals surface area (Å²) in [6.45, 7) is 0. The maximum atomic E-state index is 13.4. The largest absolute Gasteiger partial charge is 0.348 e. The summed E-state index contributed by atoms with van der Waals surface area (Å²) in [5.41, 5.74) is 5.90. The van der Waals surface area contributed by atoms with E-state index < -0.39 is 23.7 Å². The number of rotatable bonds is 1. The number of halogens is 2. The van der Waals surface area contributed by atoms with E-state index in [0.29, 0.717) is 0 Å². The zero-order valence-corrected chi connectivity index (χ0v) is 7.84. The number of nitrogens with one attached hydrogen (secondary N) is 1. The van der Waals surface area contributed by atoms with Gasteiger partial charge in [0.05, 0.1) is 6.04 Å². The molecule has 3 nitrogen and oxygen atoms in total. The van der Waals surface area contributed by atoms with Gasteiger partial charge in [0.2, 0.25) is 5.91 Å². The number of hydrogen-bond donors (Lipinski definition) is 2. The normalized spacial score (nSPS) is 25.4.